The predicted octanol–water partition coefficient (Wildman–Crippen LogP) is 3.08. The van der Waals surface area contributed by atoms with E-state index < -0.39 is 10.0 Å². The number of anilines is 1. The van der Waals surface area contributed by atoms with Crippen LogP contribution in [0.3, 0.4) is 0 Å². The van der Waals surface area contributed by atoms with E-state index >= 15 is 0 Å². The van der Waals surface area contributed by atoms with Crippen LogP contribution in [0.25, 0.3) is 0 Å². The van der Waals surface area contributed by atoms with Crippen molar-refractivity contribution in [3.8, 4) is 0 Å². The minimum atomic E-state index is -3.42. The Kier molecular flexibility index (Phi) is 5.65. The third-order valence-corrected chi connectivity index (χ3v) is 5.79. The van der Waals surface area contributed by atoms with Gasteiger partial charge in [-0.2, -0.15) is 0 Å². The second kappa shape index (κ2) is 7.27. The Labute approximate surface area is 128 Å². The minimum absolute atomic E-state index is 0.256. The van der Waals surface area contributed by atoms with Gasteiger partial charge in [0.25, 0.3) is 0 Å². The molecular formula is C16H26N2O2S. The van der Waals surface area contributed by atoms with Gasteiger partial charge in [-0.25, -0.2) is 13.1 Å². The van der Waals surface area contributed by atoms with Gasteiger partial charge in [0, 0.05) is 12.2 Å². The molecule has 1 aliphatic carbocycles. The van der Waals surface area contributed by atoms with Crippen molar-refractivity contribution in [1.82, 2.24) is 4.72 Å². The highest BCUT2D eigenvalue weighted by Gasteiger charge is 2.17. The summed E-state index contributed by atoms with van der Waals surface area (Å²) in [6.07, 6.45) is 8.77. The Morgan fingerprint density at radius 1 is 1.19 bits per heavy atom. The van der Waals surface area contributed by atoms with Gasteiger partial charge in [0.05, 0.1) is 4.90 Å². The average Bonchev–Trinajstić information content (AvgIpc) is 2.69. The Hall–Kier alpha value is -1.07. The molecule has 3 N–H and O–H groups in total. The summed E-state index contributed by atoms with van der Waals surface area (Å²) in [5, 5.41) is 0. The lowest BCUT2D eigenvalue weighted by Gasteiger charge is -2.16. The number of hydrogen-bond acceptors (Lipinski definition) is 3. The van der Waals surface area contributed by atoms with E-state index in [-0.39, 0.29) is 4.90 Å². The van der Waals surface area contributed by atoms with Crippen LogP contribution < -0.4 is 10.5 Å². The average molecular weight is 310 g/mol. The summed E-state index contributed by atoms with van der Waals surface area (Å²) in [6.45, 7) is 2.15. The Bertz CT molecular complexity index is 562. The molecule has 0 amide bonds. The van der Waals surface area contributed by atoms with E-state index in [1.807, 2.05) is 6.07 Å². The maximum Gasteiger partial charge on any atom is 0.240 e. The van der Waals surface area contributed by atoms with E-state index in [0.29, 0.717) is 18.2 Å². The van der Waals surface area contributed by atoms with Crippen molar-refractivity contribution in [1.29, 1.82) is 0 Å². The van der Waals surface area contributed by atoms with Crippen molar-refractivity contribution in [2.45, 2.75) is 56.8 Å². The van der Waals surface area contributed by atoms with E-state index in [4.69, 9.17) is 5.73 Å². The Balaban J connectivity index is 2.12. The largest absolute Gasteiger partial charge is 0.398 e. The van der Waals surface area contributed by atoms with E-state index in [2.05, 4.69) is 4.72 Å². The maximum absolute atomic E-state index is 12.0. The molecular weight excluding hydrogens is 284 g/mol. The molecule has 5 heteroatoms. The lowest BCUT2D eigenvalue weighted by atomic mass is 9.92. The van der Waals surface area contributed by atoms with Crippen molar-refractivity contribution in [2.75, 3.05) is 12.3 Å². The van der Waals surface area contributed by atoms with Crippen molar-refractivity contribution in [2.24, 2.45) is 5.92 Å². The first-order valence-electron chi connectivity index (χ1n) is 7.91. The first-order chi connectivity index (χ1) is 10.0. The van der Waals surface area contributed by atoms with Crippen molar-refractivity contribution < 1.29 is 8.42 Å². The second-order valence-electron chi connectivity index (χ2n) is 5.92. The van der Waals surface area contributed by atoms with Crippen molar-refractivity contribution in [3.63, 3.8) is 0 Å². The predicted molar refractivity (Wildman–Crippen MR) is 86.6 cm³/mol. The van der Waals surface area contributed by atoms with Crippen LogP contribution >= 0.6 is 0 Å². The summed E-state index contributed by atoms with van der Waals surface area (Å²) >= 11 is 0. The number of rotatable bonds is 5. The standard InChI is InChI=1S/C16H26N2O2S/c1-2-18-21(19,20)15-10-9-14(16(17)12-15)11-13-7-5-3-4-6-8-13/h9-10,12-13,18H,2-8,11,17H2,1H3. The van der Waals surface area contributed by atoms with Crippen molar-refractivity contribution in [3.05, 3.63) is 23.8 Å². The second-order valence-corrected chi connectivity index (χ2v) is 7.69. The van der Waals surface area contributed by atoms with Gasteiger partial charge in [-0.15, -0.1) is 0 Å². The monoisotopic (exact) mass is 310 g/mol. The fraction of sp³-hybridized carbons (Fsp3) is 0.625. The van der Waals surface area contributed by atoms with Crippen LogP contribution in [-0.4, -0.2) is 15.0 Å². The Morgan fingerprint density at radius 3 is 2.43 bits per heavy atom. The fourth-order valence-corrected chi connectivity index (χ4v) is 4.15. The van der Waals surface area contributed by atoms with Crippen LogP contribution in [0, 0.1) is 5.92 Å². The molecule has 0 spiro atoms. The highest BCUT2D eigenvalue weighted by molar-refractivity contribution is 7.89. The van der Waals surface area contributed by atoms with Crippen LogP contribution in [0.2, 0.25) is 0 Å². The maximum atomic E-state index is 12.0. The van der Waals surface area contributed by atoms with Crippen LogP contribution in [0.15, 0.2) is 23.1 Å². The molecule has 0 unspecified atom stereocenters. The first kappa shape index (κ1) is 16.3. The fourth-order valence-electron chi connectivity index (χ4n) is 3.08. The highest BCUT2D eigenvalue weighted by atomic mass is 32.2. The molecule has 0 atom stereocenters. The molecule has 0 heterocycles. The summed E-state index contributed by atoms with van der Waals surface area (Å²) in [7, 11) is -3.42. The van der Waals surface area contributed by atoms with Gasteiger partial charge >= 0.3 is 0 Å². The normalized spacial score (nSPS) is 17.6. The van der Waals surface area contributed by atoms with E-state index in [1.54, 1.807) is 19.1 Å². The third-order valence-electron chi connectivity index (χ3n) is 4.25. The lowest BCUT2D eigenvalue weighted by molar-refractivity contribution is 0.458. The zero-order valence-corrected chi connectivity index (χ0v) is 13.6. The topological polar surface area (TPSA) is 72.2 Å². The molecule has 1 aromatic carbocycles. The molecule has 4 nitrogen and oxygen atoms in total. The van der Waals surface area contributed by atoms with Gasteiger partial charge in [-0.05, 0) is 30.0 Å². The molecule has 118 valence electrons. The SMILES string of the molecule is CCNS(=O)(=O)c1ccc(CC2CCCCCC2)c(N)c1. The number of nitrogens with two attached hydrogens (primary N) is 1. The quantitative estimate of drug-likeness (QED) is 0.648. The van der Waals surface area contributed by atoms with E-state index in [9.17, 15) is 8.42 Å². The molecule has 1 aromatic rings. The van der Waals surface area contributed by atoms with Crippen molar-refractivity contribution >= 4 is 15.7 Å². The Morgan fingerprint density at radius 2 is 1.86 bits per heavy atom. The summed E-state index contributed by atoms with van der Waals surface area (Å²) < 4.78 is 26.4. The molecule has 1 fully saturated rings. The van der Waals surface area contributed by atoms with Crippen LogP contribution in [0.4, 0.5) is 5.69 Å². The molecule has 2 rings (SSSR count). The molecule has 0 aliphatic heterocycles. The summed E-state index contributed by atoms with van der Waals surface area (Å²) in [5.41, 5.74) is 7.75. The molecule has 1 aliphatic rings. The van der Waals surface area contributed by atoms with E-state index in [0.717, 1.165) is 12.0 Å². The van der Waals surface area contributed by atoms with Crippen LogP contribution in [-0.2, 0) is 16.4 Å². The number of nitrogens with one attached hydrogen (secondary N) is 1. The molecule has 0 aromatic heterocycles. The molecule has 0 radical (unpaired) electrons. The van der Waals surface area contributed by atoms with Gasteiger partial charge in [0.15, 0.2) is 0 Å². The summed E-state index contributed by atoms with van der Waals surface area (Å²) in [5.74, 6) is 0.686. The van der Waals surface area contributed by atoms with Gasteiger partial charge in [0.2, 0.25) is 10.0 Å². The van der Waals surface area contributed by atoms with Gasteiger partial charge in [-0.1, -0.05) is 51.5 Å². The number of sulfonamides is 1. The lowest BCUT2D eigenvalue weighted by Crippen LogP contribution is -2.23. The number of benzene rings is 1. The van der Waals surface area contributed by atoms with Crippen LogP contribution in [0.1, 0.15) is 51.0 Å². The van der Waals surface area contributed by atoms with Gasteiger partial charge in [-0.3, -0.25) is 0 Å². The number of nitrogen functional groups attached to an aromatic ring is 1. The smallest absolute Gasteiger partial charge is 0.240 e. The number of hydrogen-bond donors (Lipinski definition) is 2. The summed E-state index contributed by atoms with van der Waals surface area (Å²) in [4.78, 5) is 0.256. The molecule has 21 heavy (non-hydrogen) atoms. The molecule has 1 saturated carbocycles. The van der Waals surface area contributed by atoms with Gasteiger partial charge < -0.3 is 5.73 Å². The third kappa shape index (κ3) is 4.45. The highest BCUT2D eigenvalue weighted by Crippen LogP contribution is 2.28. The molecule has 0 saturated heterocycles. The van der Waals surface area contributed by atoms with E-state index in [1.165, 1.54) is 38.5 Å². The zero-order chi connectivity index (χ0) is 15.3. The zero-order valence-electron chi connectivity index (χ0n) is 12.8. The summed E-state index contributed by atoms with van der Waals surface area (Å²) in [6, 6.07) is 5.13. The van der Waals surface area contributed by atoms with Gasteiger partial charge in [0.1, 0.15) is 0 Å². The van der Waals surface area contributed by atoms with Crippen LogP contribution in [0.5, 0.6) is 0 Å². The molecule has 0 bridgehead atoms. The first-order valence-corrected chi connectivity index (χ1v) is 9.39. The minimum Gasteiger partial charge on any atom is -0.398 e.